The van der Waals surface area contributed by atoms with Crippen LogP contribution in [0.5, 0.6) is 0 Å². The lowest BCUT2D eigenvalue weighted by Gasteiger charge is -2.38. The summed E-state index contributed by atoms with van der Waals surface area (Å²) in [5.41, 5.74) is 7.79. The lowest BCUT2D eigenvalue weighted by atomic mass is 10.0. The van der Waals surface area contributed by atoms with Crippen molar-refractivity contribution in [2.45, 2.75) is 56.4 Å². The minimum atomic E-state index is -0.726. The fourth-order valence-corrected chi connectivity index (χ4v) is 5.10. The summed E-state index contributed by atoms with van der Waals surface area (Å²) >= 11 is 0. The average molecular weight is 406 g/mol. The van der Waals surface area contributed by atoms with E-state index in [0.29, 0.717) is 31.6 Å². The van der Waals surface area contributed by atoms with Crippen molar-refractivity contribution in [2.75, 3.05) is 19.6 Å². The van der Waals surface area contributed by atoms with E-state index in [9.17, 15) is 14.9 Å². The molecular formula is C22H26N6O2. The highest BCUT2D eigenvalue weighted by atomic mass is 16.2. The Morgan fingerprint density at radius 3 is 2.67 bits per heavy atom. The smallest absolute Gasteiger partial charge is 0.241 e. The fourth-order valence-electron chi connectivity index (χ4n) is 5.10. The van der Waals surface area contributed by atoms with Gasteiger partial charge in [0.05, 0.1) is 35.8 Å². The number of hydrogen-bond acceptors (Lipinski definition) is 6. The summed E-state index contributed by atoms with van der Waals surface area (Å²) in [6, 6.07) is 10.3. The third kappa shape index (κ3) is 3.43. The summed E-state index contributed by atoms with van der Waals surface area (Å²) < 4.78 is 0. The van der Waals surface area contributed by atoms with E-state index in [1.165, 1.54) is 0 Å². The molecule has 8 nitrogen and oxygen atoms in total. The minimum Gasteiger partial charge on any atom is -0.330 e. The molecule has 4 rings (SSSR count). The van der Waals surface area contributed by atoms with Crippen LogP contribution in [0, 0.1) is 22.7 Å². The number of likely N-dealkylation sites (tertiary alicyclic amines) is 3. The van der Waals surface area contributed by atoms with Gasteiger partial charge in [0.25, 0.3) is 0 Å². The lowest BCUT2D eigenvalue weighted by molar-refractivity contribution is -0.140. The molecule has 8 heteroatoms. The predicted molar refractivity (Wildman–Crippen MR) is 109 cm³/mol. The SMILES string of the molecule is CC(c1ccc(C#N)cc1)N1C(=O)[C@@H]2CC1CN2CC(N)C(=O)N1CCCC1C#N. The molecule has 1 aromatic carbocycles. The monoisotopic (exact) mass is 406 g/mol. The topological polar surface area (TPSA) is 117 Å². The number of nitriles is 2. The van der Waals surface area contributed by atoms with Gasteiger partial charge in [0.1, 0.15) is 6.04 Å². The van der Waals surface area contributed by atoms with Crippen LogP contribution in [0.4, 0.5) is 0 Å². The van der Waals surface area contributed by atoms with Gasteiger partial charge in [0.15, 0.2) is 0 Å². The van der Waals surface area contributed by atoms with Crippen LogP contribution < -0.4 is 5.73 Å². The molecule has 156 valence electrons. The summed E-state index contributed by atoms with van der Waals surface area (Å²) in [6.45, 7) is 3.61. The van der Waals surface area contributed by atoms with Gasteiger partial charge < -0.3 is 15.5 Å². The Bertz CT molecular complexity index is 917. The summed E-state index contributed by atoms with van der Waals surface area (Å²) in [7, 11) is 0. The largest absolute Gasteiger partial charge is 0.330 e. The van der Waals surface area contributed by atoms with Crippen LogP contribution in [0.15, 0.2) is 24.3 Å². The van der Waals surface area contributed by atoms with E-state index in [-0.39, 0.29) is 36.0 Å². The number of nitrogens with two attached hydrogens (primary N) is 1. The second kappa shape index (κ2) is 8.06. The molecule has 0 saturated carbocycles. The molecule has 0 aliphatic carbocycles. The first kappa shape index (κ1) is 20.3. The standard InChI is InChI=1S/C22H26N6O2/c1-14(16-6-4-15(10-23)5-7-16)28-18-9-20(22(28)30)26(12-18)13-19(25)21(29)27-8-2-3-17(27)11-24/h4-7,14,17-20H,2-3,8-9,12-13,25H2,1H3/t14?,17?,18?,19?,20-/m0/s1. The number of amides is 2. The van der Waals surface area contributed by atoms with Gasteiger partial charge in [-0.3, -0.25) is 14.5 Å². The molecule has 5 atom stereocenters. The van der Waals surface area contributed by atoms with Gasteiger partial charge in [0.2, 0.25) is 11.8 Å². The van der Waals surface area contributed by atoms with Crippen molar-refractivity contribution < 1.29 is 9.59 Å². The number of rotatable bonds is 5. The van der Waals surface area contributed by atoms with Crippen molar-refractivity contribution in [3.63, 3.8) is 0 Å². The normalized spacial score (nSPS) is 27.7. The summed E-state index contributed by atoms with van der Waals surface area (Å²) in [5, 5.41) is 18.2. The maximum atomic E-state index is 13.1. The molecule has 0 radical (unpaired) electrons. The number of carbonyl (C=O) groups is 2. The van der Waals surface area contributed by atoms with Crippen LogP contribution in [-0.2, 0) is 9.59 Å². The molecule has 1 aromatic rings. The highest BCUT2D eigenvalue weighted by molar-refractivity contribution is 5.87. The van der Waals surface area contributed by atoms with Gasteiger partial charge in [-0.1, -0.05) is 12.1 Å². The molecule has 30 heavy (non-hydrogen) atoms. The van der Waals surface area contributed by atoms with E-state index in [4.69, 9.17) is 11.0 Å². The number of piperazine rings is 1. The fraction of sp³-hybridized carbons (Fsp3) is 0.545. The third-order valence-corrected chi connectivity index (χ3v) is 6.69. The third-order valence-electron chi connectivity index (χ3n) is 6.69. The van der Waals surface area contributed by atoms with Gasteiger partial charge in [-0.15, -0.1) is 0 Å². The lowest BCUT2D eigenvalue weighted by Crippen LogP contribution is -2.56. The van der Waals surface area contributed by atoms with Crippen LogP contribution in [0.25, 0.3) is 0 Å². The maximum absolute atomic E-state index is 13.1. The Balaban J connectivity index is 1.39. The van der Waals surface area contributed by atoms with Gasteiger partial charge in [-0.05, 0) is 43.9 Å². The van der Waals surface area contributed by atoms with E-state index < -0.39 is 6.04 Å². The van der Waals surface area contributed by atoms with Crippen molar-refractivity contribution in [3.05, 3.63) is 35.4 Å². The second-order valence-corrected chi connectivity index (χ2v) is 8.44. The summed E-state index contributed by atoms with van der Waals surface area (Å²) in [5.74, 6) is -0.129. The summed E-state index contributed by atoms with van der Waals surface area (Å²) in [4.78, 5) is 31.3. The quantitative estimate of drug-likeness (QED) is 0.771. The van der Waals surface area contributed by atoms with Gasteiger partial charge in [0, 0.05) is 25.7 Å². The number of benzene rings is 1. The molecule has 0 aromatic heterocycles. The van der Waals surface area contributed by atoms with E-state index >= 15 is 0 Å². The van der Waals surface area contributed by atoms with E-state index in [2.05, 4.69) is 12.1 Å². The first-order valence-electron chi connectivity index (χ1n) is 10.5. The molecule has 3 heterocycles. The maximum Gasteiger partial charge on any atom is 0.241 e. The molecule has 3 saturated heterocycles. The van der Waals surface area contributed by atoms with Crippen LogP contribution >= 0.6 is 0 Å². The van der Waals surface area contributed by atoms with Crippen molar-refractivity contribution in [1.29, 1.82) is 10.5 Å². The zero-order valence-electron chi connectivity index (χ0n) is 17.1. The zero-order valence-corrected chi connectivity index (χ0v) is 17.1. The highest BCUT2D eigenvalue weighted by Gasteiger charge is 2.51. The Morgan fingerprint density at radius 2 is 2.03 bits per heavy atom. The predicted octanol–water partition coefficient (Wildman–Crippen LogP) is 0.746. The Morgan fingerprint density at radius 1 is 1.30 bits per heavy atom. The molecule has 3 aliphatic heterocycles. The molecule has 2 amide bonds. The van der Waals surface area contributed by atoms with Crippen LogP contribution in [0.3, 0.4) is 0 Å². The van der Waals surface area contributed by atoms with E-state index in [0.717, 1.165) is 18.4 Å². The zero-order chi connectivity index (χ0) is 21.4. The van der Waals surface area contributed by atoms with E-state index in [1.807, 2.05) is 28.9 Å². The molecule has 2 N–H and O–H groups in total. The molecule has 3 aliphatic rings. The van der Waals surface area contributed by atoms with Crippen LogP contribution in [0.1, 0.15) is 43.4 Å². The number of fused-ring (bicyclic) bond motifs is 2. The first-order valence-corrected chi connectivity index (χ1v) is 10.5. The highest BCUT2D eigenvalue weighted by Crippen LogP contribution is 2.38. The second-order valence-electron chi connectivity index (χ2n) is 8.44. The first-order chi connectivity index (χ1) is 14.4. The average Bonchev–Trinajstić information content (AvgIpc) is 3.47. The molecule has 3 fully saturated rings. The number of carbonyl (C=O) groups excluding carboxylic acids is 2. The molecule has 4 unspecified atom stereocenters. The number of nitrogens with zero attached hydrogens (tertiary/aromatic N) is 5. The summed E-state index contributed by atoms with van der Waals surface area (Å²) in [6.07, 6.45) is 2.26. The van der Waals surface area contributed by atoms with Crippen LogP contribution in [-0.4, -0.2) is 70.3 Å². The molecule has 2 bridgehead atoms. The van der Waals surface area contributed by atoms with Crippen molar-refractivity contribution in [3.8, 4) is 12.1 Å². The van der Waals surface area contributed by atoms with E-state index in [1.54, 1.807) is 17.0 Å². The van der Waals surface area contributed by atoms with Crippen molar-refractivity contribution in [2.24, 2.45) is 5.73 Å². The van der Waals surface area contributed by atoms with Crippen LogP contribution in [0.2, 0.25) is 0 Å². The van der Waals surface area contributed by atoms with Gasteiger partial charge in [-0.25, -0.2) is 0 Å². The number of hydrogen-bond donors (Lipinski definition) is 1. The Labute approximate surface area is 176 Å². The van der Waals surface area contributed by atoms with Gasteiger partial charge >= 0.3 is 0 Å². The Kier molecular flexibility index (Phi) is 5.46. The van der Waals surface area contributed by atoms with Crippen molar-refractivity contribution in [1.82, 2.24) is 14.7 Å². The Hall–Kier alpha value is -2.94. The van der Waals surface area contributed by atoms with Gasteiger partial charge in [-0.2, -0.15) is 10.5 Å². The van der Waals surface area contributed by atoms with Crippen molar-refractivity contribution >= 4 is 11.8 Å². The molecule has 0 spiro atoms. The molecular weight excluding hydrogens is 380 g/mol. The minimum absolute atomic E-state index is 0.0684.